The molecule has 2 aromatic heterocycles. The molecule has 2 aromatic carbocycles. The van der Waals surface area contributed by atoms with Crippen LogP contribution in [0.5, 0.6) is 0 Å². The SMILES string of the molecule is Fc1ncccc1-c1cnc(N(Cc2ccccc2)c2ccccc2)s1. The Morgan fingerprint density at radius 3 is 2.31 bits per heavy atom. The van der Waals surface area contributed by atoms with Gasteiger partial charge in [0.15, 0.2) is 5.13 Å². The first-order chi connectivity index (χ1) is 12.8. The molecule has 0 bridgehead atoms. The van der Waals surface area contributed by atoms with Gasteiger partial charge in [0.25, 0.3) is 0 Å². The summed E-state index contributed by atoms with van der Waals surface area (Å²) in [6.07, 6.45) is 3.16. The quantitative estimate of drug-likeness (QED) is 0.428. The van der Waals surface area contributed by atoms with Gasteiger partial charge in [-0.05, 0) is 29.8 Å². The Morgan fingerprint density at radius 1 is 0.846 bits per heavy atom. The summed E-state index contributed by atoms with van der Waals surface area (Å²) < 4.78 is 14.0. The first-order valence-corrected chi connectivity index (χ1v) is 9.06. The van der Waals surface area contributed by atoms with Crippen molar-refractivity contribution in [3.63, 3.8) is 0 Å². The summed E-state index contributed by atoms with van der Waals surface area (Å²) in [7, 11) is 0. The van der Waals surface area contributed by atoms with E-state index in [9.17, 15) is 4.39 Å². The van der Waals surface area contributed by atoms with E-state index >= 15 is 0 Å². The number of anilines is 2. The molecule has 0 aliphatic rings. The standard InChI is InChI=1S/C21H16FN3S/c22-20-18(12-7-13-23-20)19-14-24-21(26-19)25(17-10-5-2-6-11-17)15-16-8-3-1-4-9-16/h1-14H,15H2. The van der Waals surface area contributed by atoms with E-state index in [2.05, 4.69) is 39.1 Å². The van der Waals surface area contributed by atoms with Crippen LogP contribution in [0.4, 0.5) is 15.2 Å². The zero-order valence-corrected chi connectivity index (χ0v) is 14.7. The van der Waals surface area contributed by atoms with Crippen molar-refractivity contribution >= 4 is 22.2 Å². The summed E-state index contributed by atoms with van der Waals surface area (Å²) in [4.78, 5) is 11.2. The largest absolute Gasteiger partial charge is 0.313 e. The number of hydrogen-bond acceptors (Lipinski definition) is 4. The molecular formula is C21H16FN3S. The number of para-hydroxylation sites is 1. The maximum absolute atomic E-state index is 14.0. The van der Waals surface area contributed by atoms with Gasteiger partial charge in [-0.3, -0.25) is 0 Å². The Balaban J connectivity index is 1.72. The van der Waals surface area contributed by atoms with Crippen molar-refractivity contribution in [1.29, 1.82) is 0 Å². The molecule has 0 saturated heterocycles. The number of pyridine rings is 1. The topological polar surface area (TPSA) is 29.0 Å². The molecule has 26 heavy (non-hydrogen) atoms. The van der Waals surface area contributed by atoms with Gasteiger partial charge in [-0.1, -0.05) is 59.9 Å². The van der Waals surface area contributed by atoms with Crippen molar-refractivity contribution in [2.75, 3.05) is 4.90 Å². The summed E-state index contributed by atoms with van der Waals surface area (Å²) in [5, 5.41) is 0.818. The lowest BCUT2D eigenvalue weighted by atomic mass is 10.2. The third-order valence-electron chi connectivity index (χ3n) is 4.00. The Labute approximate surface area is 155 Å². The summed E-state index contributed by atoms with van der Waals surface area (Å²) >= 11 is 1.46. The predicted octanol–water partition coefficient (Wildman–Crippen LogP) is 5.68. The molecule has 0 aliphatic heterocycles. The number of hydrogen-bond donors (Lipinski definition) is 0. The van der Waals surface area contributed by atoms with Crippen LogP contribution in [0, 0.1) is 5.95 Å². The maximum atomic E-state index is 14.0. The van der Waals surface area contributed by atoms with Crippen molar-refractivity contribution in [2.45, 2.75) is 6.54 Å². The van der Waals surface area contributed by atoms with Gasteiger partial charge in [0.2, 0.25) is 5.95 Å². The fourth-order valence-electron chi connectivity index (χ4n) is 2.73. The molecule has 0 amide bonds. The Morgan fingerprint density at radius 2 is 1.58 bits per heavy atom. The van der Waals surface area contributed by atoms with Crippen LogP contribution in [0.1, 0.15) is 5.56 Å². The number of halogens is 1. The van der Waals surface area contributed by atoms with Gasteiger partial charge in [-0.2, -0.15) is 4.39 Å². The van der Waals surface area contributed by atoms with Gasteiger partial charge in [0, 0.05) is 23.6 Å². The molecule has 0 N–H and O–H groups in total. The minimum Gasteiger partial charge on any atom is -0.313 e. The van der Waals surface area contributed by atoms with Crippen LogP contribution in [0.3, 0.4) is 0 Å². The molecule has 0 atom stereocenters. The third-order valence-corrected chi connectivity index (χ3v) is 5.05. The molecule has 0 radical (unpaired) electrons. The highest BCUT2D eigenvalue weighted by Gasteiger charge is 2.16. The van der Waals surface area contributed by atoms with Crippen LogP contribution in [0.15, 0.2) is 85.2 Å². The lowest BCUT2D eigenvalue weighted by Crippen LogP contribution is -2.15. The number of rotatable bonds is 5. The number of thiazole rings is 1. The second-order valence-electron chi connectivity index (χ2n) is 5.76. The fourth-order valence-corrected chi connectivity index (χ4v) is 3.68. The minimum absolute atomic E-state index is 0.475. The lowest BCUT2D eigenvalue weighted by Gasteiger charge is -2.22. The third kappa shape index (κ3) is 3.48. The number of nitrogens with zero attached hydrogens (tertiary/aromatic N) is 3. The van der Waals surface area contributed by atoms with Gasteiger partial charge >= 0.3 is 0 Å². The highest BCUT2D eigenvalue weighted by Crippen LogP contribution is 2.36. The summed E-state index contributed by atoms with van der Waals surface area (Å²) in [6.45, 7) is 0.688. The normalized spacial score (nSPS) is 10.7. The van der Waals surface area contributed by atoms with E-state index in [0.29, 0.717) is 12.1 Å². The van der Waals surface area contributed by atoms with Crippen LogP contribution in [0.25, 0.3) is 10.4 Å². The molecule has 0 fully saturated rings. The van der Waals surface area contributed by atoms with E-state index in [4.69, 9.17) is 0 Å². The first-order valence-electron chi connectivity index (χ1n) is 8.24. The fraction of sp³-hybridized carbons (Fsp3) is 0.0476. The number of benzene rings is 2. The molecule has 2 heterocycles. The molecule has 0 aliphatic carbocycles. The lowest BCUT2D eigenvalue weighted by molar-refractivity contribution is 0.588. The van der Waals surface area contributed by atoms with E-state index in [-0.39, 0.29) is 0 Å². The van der Waals surface area contributed by atoms with Gasteiger partial charge in [0.1, 0.15) is 0 Å². The van der Waals surface area contributed by atoms with Crippen LogP contribution in [-0.4, -0.2) is 9.97 Å². The van der Waals surface area contributed by atoms with E-state index in [1.54, 1.807) is 18.3 Å². The predicted molar refractivity (Wildman–Crippen MR) is 104 cm³/mol. The van der Waals surface area contributed by atoms with Crippen LogP contribution in [-0.2, 0) is 6.54 Å². The van der Waals surface area contributed by atoms with E-state index in [1.807, 2.05) is 36.4 Å². The first kappa shape index (κ1) is 16.4. The van der Waals surface area contributed by atoms with Gasteiger partial charge in [-0.15, -0.1) is 0 Å². The average molecular weight is 361 g/mol. The molecule has 0 unspecified atom stereocenters. The van der Waals surface area contributed by atoms with Gasteiger partial charge in [-0.25, -0.2) is 9.97 Å². The Bertz CT molecular complexity index is 986. The molecule has 0 spiro atoms. The molecule has 4 aromatic rings. The van der Waals surface area contributed by atoms with Crippen molar-refractivity contribution < 1.29 is 4.39 Å². The van der Waals surface area contributed by atoms with Crippen molar-refractivity contribution in [3.05, 3.63) is 96.7 Å². The zero-order valence-electron chi connectivity index (χ0n) is 13.9. The minimum atomic E-state index is -0.475. The average Bonchev–Trinajstić information content (AvgIpc) is 3.17. The molecule has 4 rings (SSSR count). The van der Waals surface area contributed by atoms with Crippen molar-refractivity contribution in [1.82, 2.24) is 9.97 Å². The van der Waals surface area contributed by atoms with Crippen LogP contribution >= 0.6 is 11.3 Å². The molecule has 3 nitrogen and oxygen atoms in total. The van der Waals surface area contributed by atoms with Gasteiger partial charge < -0.3 is 4.90 Å². The highest BCUT2D eigenvalue weighted by molar-refractivity contribution is 7.19. The van der Waals surface area contributed by atoms with Crippen molar-refractivity contribution in [2.24, 2.45) is 0 Å². The number of aromatic nitrogens is 2. The molecule has 0 saturated carbocycles. The second-order valence-corrected chi connectivity index (χ2v) is 6.77. The molecular weight excluding hydrogens is 345 g/mol. The smallest absolute Gasteiger partial charge is 0.221 e. The highest BCUT2D eigenvalue weighted by atomic mass is 32.1. The summed E-state index contributed by atoms with van der Waals surface area (Å²) in [6, 6.07) is 23.8. The van der Waals surface area contributed by atoms with E-state index < -0.39 is 5.95 Å². The zero-order chi connectivity index (χ0) is 17.8. The second kappa shape index (κ2) is 7.45. The Kier molecular flexibility index (Phi) is 4.71. The maximum Gasteiger partial charge on any atom is 0.221 e. The van der Waals surface area contributed by atoms with Crippen LogP contribution < -0.4 is 4.90 Å². The molecule has 5 heteroatoms. The molecule has 128 valence electrons. The van der Waals surface area contributed by atoms with Crippen LogP contribution in [0.2, 0.25) is 0 Å². The van der Waals surface area contributed by atoms with Crippen molar-refractivity contribution in [3.8, 4) is 10.4 Å². The summed E-state index contributed by atoms with van der Waals surface area (Å²) in [5.41, 5.74) is 2.70. The van der Waals surface area contributed by atoms with E-state index in [1.165, 1.54) is 23.1 Å². The summed E-state index contributed by atoms with van der Waals surface area (Å²) in [5.74, 6) is -0.475. The Hall–Kier alpha value is -3.05. The van der Waals surface area contributed by atoms with E-state index in [0.717, 1.165) is 15.7 Å². The monoisotopic (exact) mass is 361 g/mol. The van der Waals surface area contributed by atoms with Gasteiger partial charge in [0.05, 0.1) is 11.4 Å².